The second-order valence-electron chi connectivity index (χ2n) is 9.19. The molecule has 2 amide bonds. The van der Waals surface area contributed by atoms with E-state index in [2.05, 4.69) is 5.43 Å². The fourth-order valence-electron chi connectivity index (χ4n) is 3.96. The van der Waals surface area contributed by atoms with Gasteiger partial charge in [0.25, 0.3) is 5.91 Å². The predicted molar refractivity (Wildman–Crippen MR) is 140 cm³/mol. The van der Waals surface area contributed by atoms with Crippen LogP contribution in [0, 0.1) is 0 Å². The molecule has 36 heavy (non-hydrogen) atoms. The zero-order chi connectivity index (χ0) is 26.2. The molecule has 1 atom stereocenters. The number of rotatable bonds is 10. The Bertz CT molecular complexity index is 1070. The number of carboxylic acid groups (broad SMARTS) is 1. The maximum absolute atomic E-state index is 13.2. The summed E-state index contributed by atoms with van der Waals surface area (Å²) < 4.78 is 11.3. The van der Waals surface area contributed by atoms with Gasteiger partial charge in [-0.3, -0.25) is 9.69 Å². The molecule has 0 bridgehead atoms. The molecule has 194 valence electrons. The molecule has 9 heteroatoms. The van der Waals surface area contributed by atoms with Crippen LogP contribution in [0.4, 0.5) is 10.5 Å². The number of hydrogen-bond acceptors (Lipinski definition) is 6. The summed E-state index contributed by atoms with van der Waals surface area (Å²) in [4.78, 5) is 28.2. The third kappa shape index (κ3) is 6.99. The van der Waals surface area contributed by atoms with Gasteiger partial charge in [-0.05, 0) is 89.3 Å². The summed E-state index contributed by atoms with van der Waals surface area (Å²) in [6.45, 7) is 5.08. The second kappa shape index (κ2) is 12.4. The van der Waals surface area contributed by atoms with E-state index < -0.39 is 6.09 Å². The van der Waals surface area contributed by atoms with Gasteiger partial charge >= 0.3 is 6.09 Å². The zero-order valence-corrected chi connectivity index (χ0v) is 21.6. The summed E-state index contributed by atoms with van der Waals surface area (Å²) in [5, 5.41) is 11.1. The van der Waals surface area contributed by atoms with Gasteiger partial charge in [-0.15, -0.1) is 0 Å². The Hall–Kier alpha value is -3.56. The number of nitrogens with one attached hydrogen (secondary N) is 1. The van der Waals surface area contributed by atoms with Crippen LogP contribution in [-0.2, 0) is 0 Å². The van der Waals surface area contributed by atoms with Gasteiger partial charge in [-0.1, -0.05) is 12.1 Å². The number of hydrazine groups is 1. The quantitative estimate of drug-likeness (QED) is 0.499. The average molecular weight is 497 g/mol. The lowest BCUT2D eigenvalue weighted by molar-refractivity contribution is 0.0713. The maximum atomic E-state index is 13.2. The predicted octanol–water partition coefficient (Wildman–Crippen LogP) is 4.52. The van der Waals surface area contributed by atoms with Gasteiger partial charge in [0, 0.05) is 24.0 Å². The van der Waals surface area contributed by atoms with Crippen molar-refractivity contribution < 1.29 is 24.2 Å². The highest BCUT2D eigenvalue weighted by atomic mass is 16.5. The number of carbonyl (C=O) groups is 2. The van der Waals surface area contributed by atoms with Crippen molar-refractivity contribution in [3.8, 4) is 11.5 Å². The number of nitrogens with zero attached hydrogens (tertiary/aromatic N) is 3. The van der Waals surface area contributed by atoms with Gasteiger partial charge in [0.2, 0.25) is 0 Å². The molecule has 0 aliphatic carbocycles. The summed E-state index contributed by atoms with van der Waals surface area (Å²) in [6, 6.07) is 12.3. The summed E-state index contributed by atoms with van der Waals surface area (Å²) in [7, 11) is 5.51. The van der Waals surface area contributed by atoms with E-state index >= 15 is 0 Å². The van der Waals surface area contributed by atoms with Crippen LogP contribution in [0.3, 0.4) is 0 Å². The topological polar surface area (TPSA) is 94.6 Å². The lowest BCUT2D eigenvalue weighted by Crippen LogP contribution is -2.43. The SMILES string of the molecule is COc1ccc(C2CC=CN(C(=O)c3ccc(N(CCCN(C)C)C(=O)O)cc3)N2)cc1OC(C)C. The van der Waals surface area contributed by atoms with E-state index in [0.717, 1.165) is 12.1 Å². The monoisotopic (exact) mass is 496 g/mol. The number of benzene rings is 2. The molecular weight excluding hydrogens is 460 g/mol. The van der Waals surface area contributed by atoms with Gasteiger partial charge < -0.3 is 19.5 Å². The molecule has 1 unspecified atom stereocenters. The number of carbonyl (C=O) groups excluding carboxylic acids is 1. The summed E-state index contributed by atoms with van der Waals surface area (Å²) >= 11 is 0. The maximum Gasteiger partial charge on any atom is 0.411 e. The molecule has 2 aromatic rings. The number of methoxy groups -OCH3 is 1. The highest BCUT2D eigenvalue weighted by molar-refractivity contribution is 5.95. The number of hydrogen-bond donors (Lipinski definition) is 2. The van der Waals surface area contributed by atoms with Crippen molar-refractivity contribution in [3.63, 3.8) is 0 Å². The van der Waals surface area contributed by atoms with Crippen LogP contribution in [0.2, 0.25) is 0 Å². The summed E-state index contributed by atoms with van der Waals surface area (Å²) in [6.07, 6.45) is 4.05. The van der Waals surface area contributed by atoms with Crippen LogP contribution in [0.5, 0.6) is 11.5 Å². The minimum absolute atomic E-state index is 0.000515. The van der Waals surface area contributed by atoms with Gasteiger partial charge in [0.05, 0.1) is 19.3 Å². The lowest BCUT2D eigenvalue weighted by Gasteiger charge is -2.30. The third-order valence-corrected chi connectivity index (χ3v) is 5.74. The molecule has 2 aromatic carbocycles. The first-order valence-corrected chi connectivity index (χ1v) is 12.1. The minimum atomic E-state index is -1.02. The Morgan fingerprint density at radius 2 is 1.83 bits per heavy atom. The first-order valence-electron chi connectivity index (χ1n) is 12.1. The van der Waals surface area contributed by atoms with Crippen molar-refractivity contribution in [1.29, 1.82) is 0 Å². The minimum Gasteiger partial charge on any atom is -0.493 e. The Morgan fingerprint density at radius 1 is 1.11 bits per heavy atom. The molecule has 0 aromatic heterocycles. The third-order valence-electron chi connectivity index (χ3n) is 5.74. The molecule has 3 rings (SSSR count). The lowest BCUT2D eigenvalue weighted by atomic mass is 10.0. The van der Waals surface area contributed by atoms with Crippen LogP contribution in [-0.4, -0.2) is 67.4 Å². The smallest absolute Gasteiger partial charge is 0.411 e. The van der Waals surface area contributed by atoms with Crippen molar-refractivity contribution in [2.24, 2.45) is 0 Å². The molecule has 0 spiro atoms. The fourth-order valence-corrected chi connectivity index (χ4v) is 3.96. The van der Waals surface area contributed by atoms with Crippen molar-refractivity contribution in [2.45, 2.75) is 38.8 Å². The van der Waals surface area contributed by atoms with Crippen LogP contribution in [0.1, 0.15) is 48.7 Å². The van der Waals surface area contributed by atoms with Crippen molar-refractivity contribution in [3.05, 3.63) is 65.9 Å². The highest BCUT2D eigenvalue weighted by Crippen LogP contribution is 2.33. The van der Waals surface area contributed by atoms with Crippen molar-refractivity contribution in [1.82, 2.24) is 15.3 Å². The summed E-state index contributed by atoms with van der Waals surface area (Å²) in [5.74, 6) is 1.08. The zero-order valence-electron chi connectivity index (χ0n) is 21.6. The van der Waals surface area contributed by atoms with E-state index in [-0.39, 0.29) is 18.1 Å². The first-order chi connectivity index (χ1) is 17.2. The number of ether oxygens (including phenoxy) is 2. The molecule has 0 saturated heterocycles. The standard InChI is InChI=1S/C27H36N4O5/c1-19(2)36-25-18-21(11-14-24(25)35-5)23-8-6-17-31(28-23)26(32)20-9-12-22(13-10-20)30(27(33)34)16-7-15-29(3)4/h6,9-14,17-19,23,28H,7-8,15-16H2,1-5H3,(H,33,34). The van der Waals surface area contributed by atoms with Crippen LogP contribution in [0.15, 0.2) is 54.7 Å². The van der Waals surface area contributed by atoms with E-state index in [0.29, 0.717) is 42.1 Å². The normalized spacial score (nSPS) is 15.3. The fraction of sp³-hybridized carbons (Fsp3) is 0.407. The molecule has 0 fully saturated rings. The van der Waals surface area contributed by atoms with E-state index in [1.807, 2.05) is 57.1 Å². The molecule has 1 aliphatic rings. The Labute approximate surface area is 212 Å². The highest BCUT2D eigenvalue weighted by Gasteiger charge is 2.24. The van der Waals surface area contributed by atoms with E-state index in [1.165, 1.54) is 9.91 Å². The van der Waals surface area contributed by atoms with Gasteiger partial charge in [-0.2, -0.15) is 0 Å². The Balaban J connectivity index is 1.71. The molecule has 9 nitrogen and oxygen atoms in total. The van der Waals surface area contributed by atoms with E-state index in [4.69, 9.17) is 9.47 Å². The molecule has 1 heterocycles. The largest absolute Gasteiger partial charge is 0.493 e. The van der Waals surface area contributed by atoms with Gasteiger partial charge in [0.1, 0.15) is 0 Å². The molecule has 2 N–H and O–H groups in total. The molecular formula is C27H36N4O5. The van der Waals surface area contributed by atoms with Crippen LogP contribution >= 0.6 is 0 Å². The van der Waals surface area contributed by atoms with Gasteiger partial charge in [-0.25, -0.2) is 15.2 Å². The first kappa shape index (κ1) is 27.0. The summed E-state index contributed by atoms with van der Waals surface area (Å²) in [5.41, 5.74) is 5.23. The second-order valence-corrected chi connectivity index (χ2v) is 9.19. The van der Waals surface area contributed by atoms with Crippen LogP contribution in [0.25, 0.3) is 0 Å². The van der Waals surface area contributed by atoms with Crippen LogP contribution < -0.4 is 19.8 Å². The molecule has 0 saturated carbocycles. The Kier molecular flexibility index (Phi) is 9.32. The molecule has 0 radical (unpaired) electrons. The number of amides is 2. The van der Waals surface area contributed by atoms with E-state index in [1.54, 1.807) is 37.6 Å². The Morgan fingerprint density at radius 3 is 2.44 bits per heavy atom. The van der Waals surface area contributed by atoms with Crippen molar-refractivity contribution in [2.75, 3.05) is 39.2 Å². The van der Waals surface area contributed by atoms with Crippen molar-refractivity contribution >= 4 is 17.7 Å². The van der Waals surface area contributed by atoms with E-state index in [9.17, 15) is 14.7 Å². The molecule has 1 aliphatic heterocycles. The number of anilines is 1. The average Bonchev–Trinajstić information content (AvgIpc) is 2.85. The van der Waals surface area contributed by atoms with Gasteiger partial charge in [0.15, 0.2) is 11.5 Å².